The van der Waals surface area contributed by atoms with Crippen molar-refractivity contribution in [2.24, 2.45) is 0 Å². The summed E-state index contributed by atoms with van der Waals surface area (Å²) < 4.78 is 12.0. The minimum Gasteiger partial charge on any atom is -0.497 e. The molecule has 0 aliphatic rings. The lowest BCUT2D eigenvalue weighted by Gasteiger charge is -2.03. The van der Waals surface area contributed by atoms with Gasteiger partial charge in [0.25, 0.3) is 0 Å². The van der Waals surface area contributed by atoms with Crippen molar-refractivity contribution in [3.63, 3.8) is 0 Å². The van der Waals surface area contributed by atoms with Crippen molar-refractivity contribution in [3.05, 3.63) is 60.0 Å². The summed E-state index contributed by atoms with van der Waals surface area (Å²) in [5.41, 5.74) is 2.90. The fourth-order valence-corrected chi connectivity index (χ4v) is 3.29. The summed E-state index contributed by atoms with van der Waals surface area (Å²) in [7, 11) is 1.62. The van der Waals surface area contributed by atoms with Gasteiger partial charge in [0.2, 0.25) is 16.9 Å². The zero-order chi connectivity index (χ0) is 19.5. The molecule has 142 valence electrons. The molecule has 0 amide bonds. The normalized spacial score (nSPS) is 10.9. The van der Waals surface area contributed by atoms with Crippen LogP contribution in [0.15, 0.2) is 58.2 Å². The Labute approximate surface area is 165 Å². The number of nitrogens with two attached hydrogens (primary N) is 1. The summed E-state index contributed by atoms with van der Waals surface area (Å²) in [6.45, 7) is 2.03. The molecule has 2 heterocycles. The van der Waals surface area contributed by atoms with Gasteiger partial charge in [-0.05, 0) is 19.1 Å². The number of nitrogens with zero attached hydrogens (tertiary/aromatic N) is 5. The van der Waals surface area contributed by atoms with Gasteiger partial charge in [-0.25, -0.2) is 4.68 Å². The van der Waals surface area contributed by atoms with Crippen LogP contribution in [0, 0.1) is 6.92 Å². The molecule has 0 spiro atoms. The number of rotatable bonds is 6. The fraction of sp³-hybridized carbons (Fsp3) is 0.158. The molecule has 0 radical (unpaired) electrons. The molecule has 0 unspecified atom stereocenters. The van der Waals surface area contributed by atoms with E-state index in [2.05, 4.69) is 20.3 Å². The van der Waals surface area contributed by atoms with Crippen LogP contribution < -0.4 is 10.6 Å². The Balaban J connectivity index is 1.47. The number of hydrogen-bond donors (Lipinski definition) is 1. The molecule has 0 bridgehead atoms. The first-order valence-electron chi connectivity index (χ1n) is 8.51. The van der Waals surface area contributed by atoms with Crippen LogP contribution in [0.1, 0.15) is 11.5 Å². The third-order valence-electron chi connectivity index (χ3n) is 4.10. The molecule has 2 N–H and O–H groups in total. The van der Waals surface area contributed by atoms with Gasteiger partial charge in [0.15, 0.2) is 5.82 Å². The Hall–Kier alpha value is -3.33. The van der Waals surface area contributed by atoms with Gasteiger partial charge in [0.05, 0.1) is 12.9 Å². The predicted octanol–water partition coefficient (Wildman–Crippen LogP) is 3.32. The second kappa shape index (κ2) is 7.73. The molecule has 0 aliphatic heterocycles. The van der Waals surface area contributed by atoms with Gasteiger partial charge in [-0.1, -0.05) is 58.9 Å². The van der Waals surface area contributed by atoms with Crippen LogP contribution in [0.4, 0.5) is 0 Å². The number of nitrogen functional groups attached to an aromatic ring is 1. The molecule has 0 saturated carbocycles. The van der Waals surface area contributed by atoms with E-state index in [-0.39, 0.29) is 0 Å². The number of ether oxygens (including phenoxy) is 1. The van der Waals surface area contributed by atoms with Crippen molar-refractivity contribution >= 4 is 11.8 Å². The highest BCUT2D eigenvalue weighted by Crippen LogP contribution is 2.26. The van der Waals surface area contributed by atoms with Crippen molar-refractivity contribution in [1.29, 1.82) is 0 Å². The monoisotopic (exact) mass is 394 g/mol. The third-order valence-corrected chi connectivity index (χ3v) is 5.02. The van der Waals surface area contributed by atoms with Crippen molar-refractivity contribution in [3.8, 4) is 28.5 Å². The average molecular weight is 394 g/mol. The summed E-state index contributed by atoms with van der Waals surface area (Å²) in [5.74, 6) is 8.90. The topological polar surface area (TPSA) is 105 Å². The van der Waals surface area contributed by atoms with Gasteiger partial charge in [0, 0.05) is 11.1 Å². The van der Waals surface area contributed by atoms with E-state index in [1.165, 1.54) is 22.0 Å². The van der Waals surface area contributed by atoms with Gasteiger partial charge in [-0.2, -0.15) is 4.98 Å². The van der Waals surface area contributed by atoms with Crippen molar-refractivity contribution in [2.45, 2.75) is 17.8 Å². The molecule has 4 aromatic rings. The lowest BCUT2D eigenvalue weighted by atomic mass is 10.1. The van der Waals surface area contributed by atoms with E-state index in [0.29, 0.717) is 28.4 Å². The lowest BCUT2D eigenvalue weighted by molar-refractivity contribution is 0.391. The second-order valence-corrected chi connectivity index (χ2v) is 7.02. The van der Waals surface area contributed by atoms with E-state index in [1.807, 2.05) is 55.5 Å². The third kappa shape index (κ3) is 3.70. The Kier molecular flexibility index (Phi) is 4.98. The van der Waals surface area contributed by atoms with Crippen molar-refractivity contribution in [2.75, 3.05) is 13.0 Å². The van der Waals surface area contributed by atoms with E-state index >= 15 is 0 Å². The number of aryl methyl sites for hydroxylation is 1. The van der Waals surface area contributed by atoms with Crippen LogP contribution in [0.25, 0.3) is 22.8 Å². The number of aromatic nitrogens is 5. The quantitative estimate of drug-likeness (QED) is 0.392. The van der Waals surface area contributed by atoms with E-state index in [4.69, 9.17) is 15.1 Å². The van der Waals surface area contributed by atoms with Crippen LogP contribution in [0.3, 0.4) is 0 Å². The number of benzene rings is 2. The molecule has 0 fully saturated rings. The molecule has 0 aliphatic carbocycles. The summed E-state index contributed by atoms with van der Waals surface area (Å²) in [6.07, 6.45) is 0. The fourth-order valence-electron chi connectivity index (χ4n) is 2.59. The molecule has 28 heavy (non-hydrogen) atoms. The number of thioether (sulfide) groups is 1. The van der Waals surface area contributed by atoms with Gasteiger partial charge in [0.1, 0.15) is 5.75 Å². The molecule has 4 rings (SSSR count). The molecule has 9 heteroatoms. The van der Waals surface area contributed by atoms with E-state index < -0.39 is 0 Å². The smallest absolute Gasteiger partial charge is 0.237 e. The summed E-state index contributed by atoms with van der Waals surface area (Å²) >= 11 is 1.38. The maximum absolute atomic E-state index is 6.16. The number of hydrogen-bond acceptors (Lipinski definition) is 8. The molecule has 2 aromatic heterocycles. The summed E-state index contributed by atoms with van der Waals surface area (Å²) in [5, 5.41) is 12.9. The van der Waals surface area contributed by atoms with Gasteiger partial charge >= 0.3 is 0 Å². The Bertz CT molecular complexity index is 1090. The zero-order valence-corrected chi connectivity index (χ0v) is 16.2. The first-order valence-corrected chi connectivity index (χ1v) is 9.50. The Morgan fingerprint density at radius 3 is 2.71 bits per heavy atom. The highest BCUT2D eigenvalue weighted by Gasteiger charge is 2.15. The first kappa shape index (κ1) is 18.1. The minimum absolute atomic E-state index is 0.431. The van der Waals surface area contributed by atoms with E-state index in [0.717, 1.165) is 16.9 Å². The second-order valence-electron chi connectivity index (χ2n) is 6.07. The first-order chi connectivity index (χ1) is 13.6. The number of methoxy groups -OCH3 is 1. The molecular formula is C19H18N6O2S. The van der Waals surface area contributed by atoms with Crippen LogP contribution in [0.5, 0.6) is 5.75 Å². The maximum atomic E-state index is 6.16. The highest BCUT2D eigenvalue weighted by molar-refractivity contribution is 7.98. The van der Waals surface area contributed by atoms with Crippen LogP contribution in [-0.2, 0) is 5.75 Å². The van der Waals surface area contributed by atoms with Gasteiger partial charge in [-0.3, -0.25) is 0 Å². The maximum Gasteiger partial charge on any atom is 0.237 e. The summed E-state index contributed by atoms with van der Waals surface area (Å²) in [6, 6.07) is 15.4. The zero-order valence-electron chi connectivity index (χ0n) is 15.4. The van der Waals surface area contributed by atoms with Crippen LogP contribution in [-0.4, -0.2) is 32.1 Å². The molecule has 2 aromatic carbocycles. The Morgan fingerprint density at radius 2 is 1.93 bits per heavy atom. The van der Waals surface area contributed by atoms with Crippen molar-refractivity contribution in [1.82, 2.24) is 25.0 Å². The molecule has 0 atom stereocenters. The lowest BCUT2D eigenvalue weighted by Crippen LogP contribution is -2.11. The van der Waals surface area contributed by atoms with Gasteiger partial charge in [-0.15, -0.1) is 10.2 Å². The molecule has 8 nitrogen and oxygen atoms in total. The largest absolute Gasteiger partial charge is 0.497 e. The van der Waals surface area contributed by atoms with Gasteiger partial charge < -0.3 is 15.1 Å². The summed E-state index contributed by atoms with van der Waals surface area (Å²) in [4.78, 5) is 4.42. The SMILES string of the molecule is COc1cccc(-c2noc(CSc3nnc(-c4ccc(C)cc4)n3N)n2)c1. The van der Waals surface area contributed by atoms with Crippen molar-refractivity contribution < 1.29 is 9.26 Å². The van der Waals surface area contributed by atoms with E-state index in [9.17, 15) is 0 Å². The Morgan fingerprint density at radius 1 is 1.11 bits per heavy atom. The van der Waals surface area contributed by atoms with Crippen LogP contribution >= 0.6 is 11.8 Å². The molecule has 0 saturated heterocycles. The minimum atomic E-state index is 0.431. The highest BCUT2D eigenvalue weighted by atomic mass is 32.2. The predicted molar refractivity (Wildman–Crippen MR) is 106 cm³/mol. The van der Waals surface area contributed by atoms with E-state index in [1.54, 1.807) is 7.11 Å². The average Bonchev–Trinajstić information content (AvgIpc) is 3.34. The standard InChI is InChI=1S/C19H18N6O2S/c1-12-6-8-13(9-7-12)18-22-23-19(25(18)20)28-11-16-21-17(24-27-16)14-4-3-5-15(10-14)26-2/h3-10H,11,20H2,1-2H3. The van der Waals surface area contributed by atoms with Crippen LogP contribution in [0.2, 0.25) is 0 Å². The molecular weight excluding hydrogens is 376 g/mol.